The Hall–Kier alpha value is -3.93. The van der Waals surface area contributed by atoms with Crippen LogP contribution in [-0.2, 0) is 28.6 Å². The molecule has 0 fully saturated rings. The third kappa shape index (κ3) is 43.2. The first kappa shape index (κ1) is 54.1. The highest BCUT2D eigenvalue weighted by Crippen LogP contribution is 2.11. The van der Waals surface area contributed by atoms with Gasteiger partial charge in [-0.05, 0) is 89.9 Å². The molecule has 6 heteroatoms. The van der Waals surface area contributed by atoms with Crippen LogP contribution in [0.1, 0.15) is 181 Å². The van der Waals surface area contributed by atoms with Gasteiger partial charge in [-0.25, -0.2) is 0 Å². The molecule has 0 radical (unpaired) electrons. The number of unbranched alkanes of at least 4 members (excludes halogenated alkanes) is 14. The van der Waals surface area contributed by atoms with Crippen molar-refractivity contribution >= 4 is 17.9 Å². The maximum absolute atomic E-state index is 12.7. The van der Waals surface area contributed by atoms with Crippen molar-refractivity contribution in [3.63, 3.8) is 0 Å². The maximum Gasteiger partial charge on any atom is 0.306 e. The van der Waals surface area contributed by atoms with Gasteiger partial charge in [0.25, 0.3) is 0 Å². The highest BCUT2D eigenvalue weighted by molar-refractivity contribution is 5.71. The summed E-state index contributed by atoms with van der Waals surface area (Å²) in [6.45, 7) is 6.30. The van der Waals surface area contributed by atoms with Crippen LogP contribution in [0.5, 0.6) is 0 Å². The average molecular weight is 803 g/mol. The molecule has 0 aliphatic heterocycles. The van der Waals surface area contributed by atoms with Gasteiger partial charge >= 0.3 is 17.9 Å². The smallest absolute Gasteiger partial charge is 0.306 e. The van der Waals surface area contributed by atoms with Gasteiger partial charge in [-0.1, -0.05) is 182 Å². The number of hydrogen-bond acceptors (Lipinski definition) is 6. The molecule has 0 spiro atoms. The summed E-state index contributed by atoms with van der Waals surface area (Å²) in [4.78, 5) is 37.7. The van der Waals surface area contributed by atoms with Crippen LogP contribution in [0.3, 0.4) is 0 Å². The summed E-state index contributed by atoms with van der Waals surface area (Å²) in [7, 11) is 0. The second-order valence-corrected chi connectivity index (χ2v) is 14.7. The van der Waals surface area contributed by atoms with Crippen LogP contribution in [-0.4, -0.2) is 37.2 Å². The second-order valence-electron chi connectivity index (χ2n) is 14.7. The number of esters is 3. The first-order valence-electron chi connectivity index (χ1n) is 23.0. The number of ether oxygens (including phenoxy) is 3. The molecule has 0 rings (SSSR count). The summed E-state index contributed by atoms with van der Waals surface area (Å²) in [5, 5.41) is 0. The van der Waals surface area contributed by atoms with E-state index in [0.29, 0.717) is 19.3 Å². The fraction of sp³-hybridized carbons (Fsp3) is 0.596. The Morgan fingerprint density at radius 2 is 0.776 bits per heavy atom. The highest BCUT2D eigenvalue weighted by atomic mass is 16.6. The number of carbonyl (C=O) groups is 3. The lowest BCUT2D eigenvalue weighted by molar-refractivity contribution is -0.167. The molecule has 0 aromatic heterocycles. The minimum Gasteiger partial charge on any atom is -0.462 e. The van der Waals surface area contributed by atoms with Gasteiger partial charge < -0.3 is 14.2 Å². The van der Waals surface area contributed by atoms with E-state index in [-0.39, 0.29) is 37.5 Å². The van der Waals surface area contributed by atoms with Crippen LogP contribution in [0, 0.1) is 0 Å². The summed E-state index contributed by atoms with van der Waals surface area (Å²) in [6, 6.07) is 0. The zero-order valence-corrected chi connectivity index (χ0v) is 37.0. The molecule has 0 aliphatic carbocycles. The van der Waals surface area contributed by atoms with Crippen molar-refractivity contribution in [1.82, 2.24) is 0 Å². The molecule has 58 heavy (non-hydrogen) atoms. The van der Waals surface area contributed by atoms with E-state index in [1.54, 1.807) is 0 Å². The minimum atomic E-state index is -0.825. The number of allylic oxidation sites excluding steroid dienone is 18. The second kappa shape index (κ2) is 45.8. The summed E-state index contributed by atoms with van der Waals surface area (Å²) in [6.07, 6.45) is 60.8. The molecule has 1 unspecified atom stereocenters. The van der Waals surface area contributed by atoms with E-state index in [4.69, 9.17) is 14.2 Å². The van der Waals surface area contributed by atoms with E-state index < -0.39 is 6.10 Å². The molecule has 0 bridgehead atoms. The fourth-order valence-electron chi connectivity index (χ4n) is 5.63. The Labute approximate surface area is 355 Å². The van der Waals surface area contributed by atoms with Crippen LogP contribution in [0.2, 0.25) is 0 Å². The maximum atomic E-state index is 12.7. The molecule has 1 atom stereocenters. The molecule has 0 aromatic rings. The zero-order chi connectivity index (χ0) is 42.3. The first-order valence-corrected chi connectivity index (χ1v) is 23.0. The summed E-state index contributed by atoms with van der Waals surface area (Å²) in [5.41, 5.74) is 0. The van der Waals surface area contributed by atoms with E-state index in [2.05, 4.69) is 130 Å². The van der Waals surface area contributed by atoms with Crippen molar-refractivity contribution in [2.45, 2.75) is 187 Å². The predicted octanol–water partition coefficient (Wildman–Crippen LogP) is 14.8. The van der Waals surface area contributed by atoms with Crippen LogP contribution in [0.15, 0.2) is 109 Å². The SMILES string of the molecule is CC/C=C\C/C=C\C/C=C\CCCC(=O)OC(COC(=O)CCCCC/C=C\C=C/CCCC)COC(=O)CCCCCCC\C=C/C=C\C=C/C=C\CCCCC. The quantitative estimate of drug-likeness (QED) is 0.0202. The van der Waals surface area contributed by atoms with E-state index in [1.807, 2.05) is 0 Å². The molecule has 0 amide bonds. The number of hydrogen-bond donors (Lipinski definition) is 0. The number of rotatable bonds is 39. The third-order valence-electron chi connectivity index (χ3n) is 9.10. The predicted molar refractivity (Wildman–Crippen MR) is 247 cm³/mol. The lowest BCUT2D eigenvalue weighted by atomic mass is 10.1. The van der Waals surface area contributed by atoms with Crippen molar-refractivity contribution < 1.29 is 28.6 Å². The van der Waals surface area contributed by atoms with Gasteiger partial charge in [-0.15, -0.1) is 0 Å². The van der Waals surface area contributed by atoms with Gasteiger partial charge in [0, 0.05) is 19.3 Å². The lowest BCUT2D eigenvalue weighted by Gasteiger charge is -2.18. The monoisotopic (exact) mass is 803 g/mol. The Morgan fingerprint density at radius 1 is 0.379 bits per heavy atom. The fourth-order valence-corrected chi connectivity index (χ4v) is 5.63. The van der Waals surface area contributed by atoms with Crippen LogP contribution < -0.4 is 0 Å². The summed E-state index contributed by atoms with van der Waals surface area (Å²) < 4.78 is 16.6. The van der Waals surface area contributed by atoms with E-state index in [0.717, 1.165) is 103 Å². The summed E-state index contributed by atoms with van der Waals surface area (Å²) in [5.74, 6) is -1.04. The number of carbonyl (C=O) groups excluding carboxylic acids is 3. The van der Waals surface area contributed by atoms with Crippen LogP contribution in [0.25, 0.3) is 0 Å². The molecule has 0 aliphatic rings. The molecule has 0 saturated heterocycles. The van der Waals surface area contributed by atoms with E-state index in [1.165, 1.54) is 32.1 Å². The Kier molecular flexibility index (Phi) is 42.7. The van der Waals surface area contributed by atoms with Crippen molar-refractivity contribution in [2.75, 3.05) is 13.2 Å². The van der Waals surface area contributed by atoms with Crippen molar-refractivity contribution in [3.05, 3.63) is 109 Å². The Morgan fingerprint density at radius 3 is 1.33 bits per heavy atom. The van der Waals surface area contributed by atoms with E-state index in [9.17, 15) is 14.4 Å². The highest BCUT2D eigenvalue weighted by Gasteiger charge is 2.19. The van der Waals surface area contributed by atoms with Gasteiger partial charge in [0.1, 0.15) is 13.2 Å². The third-order valence-corrected chi connectivity index (χ3v) is 9.10. The minimum absolute atomic E-state index is 0.122. The van der Waals surface area contributed by atoms with Gasteiger partial charge in [-0.3, -0.25) is 14.4 Å². The molecule has 0 N–H and O–H groups in total. The summed E-state index contributed by atoms with van der Waals surface area (Å²) >= 11 is 0. The van der Waals surface area contributed by atoms with Crippen LogP contribution >= 0.6 is 0 Å². The topological polar surface area (TPSA) is 78.9 Å². The molecule has 326 valence electrons. The Balaban J connectivity index is 4.51. The van der Waals surface area contributed by atoms with Gasteiger partial charge in [-0.2, -0.15) is 0 Å². The van der Waals surface area contributed by atoms with Gasteiger partial charge in [0.15, 0.2) is 6.10 Å². The molecule has 0 saturated carbocycles. The van der Waals surface area contributed by atoms with Crippen molar-refractivity contribution in [2.24, 2.45) is 0 Å². The molecule has 0 heterocycles. The zero-order valence-electron chi connectivity index (χ0n) is 37.0. The lowest BCUT2D eigenvalue weighted by Crippen LogP contribution is -2.30. The van der Waals surface area contributed by atoms with Crippen molar-refractivity contribution in [1.29, 1.82) is 0 Å². The normalized spacial score (nSPS) is 13.1. The van der Waals surface area contributed by atoms with Crippen LogP contribution in [0.4, 0.5) is 0 Å². The van der Waals surface area contributed by atoms with Gasteiger partial charge in [0.05, 0.1) is 0 Å². The van der Waals surface area contributed by atoms with E-state index >= 15 is 0 Å². The molecule has 0 aromatic carbocycles. The molecular weight excluding hydrogens is 721 g/mol. The molecule has 6 nitrogen and oxygen atoms in total. The van der Waals surface area contributed by atoms with Crippen molar-refractivity contribution in [3.8, 4) is 0 Å². The molecular formula is C52H82O6. The first-order chi connectivity index (χ1) is 28.5. The standard InChI is InChI=1S/C52H82O6/c1-4-7-10-13-16-19-22-23-24-25-26-27-28-31-33-36-39-42-45-51(54)57-48-49(58-52(55)46-43-40-37-34-30-21-18-15-12-9-6-3)47-56-50(53)44-41-38-35-32-29-20-17-14-11-8-5-2/h9,12,14,16-27,29,34,37,49H,4-8,10-11,13,15,28,30-33,35-36,38-48H2,1-3H3/b12-9-,17-14-,19-16-,21-18-,23-22-,25-24-,27-26-,29-20-,37-34-. The Bertz CT molecular complexity index is 1240. The van der Waals surface area contributed by atoms with Gasteiger partial charge in [0.2, 0.25) is 0 Å². The largest absolute Gasteiger partial charge is 0.462 e. The average Bonchev–Trinajstić information content (AvgIpc) is 3.22.